The van der Waals surface area contributed by atoms with Crippen LogP contribution in [0.3, 0.4) is 0 Å². The van der Waals surface area contributed by atoms with E-state index in [4.69, 9.17) is 0 Å². The van der Waals surface area contributed by atoms with Crippen molar-refractivity contribution in [3.63, 3.8) is 0 Å². The van der Waals surface area contributed by atoms with Gasteiger partial charge in [-0.15, -0.1) is 0 Å². The van der Waals surface area contributed by atoms with Gasteiger partial charge >= 0.3 is 0 Å². The lowest BCUT2D eigenvalue weighted by Gasteiger charge is -2.35. The maximum absolute atomic E-state index is 12.4. The summed E-state index contributed by atoms with van der Waals surface area (Å²) in [6.07, 6.45) is 3.12. The Kier molecular flexibility index (Phi) is 4.98. The number of nitrogens with one attached hydrogen (secondary N) is 1. The summed E-state index contributed by atoms with van der Waals surface area (Å²) in [5.41, 5.74) is 0. The van der Waals surface area contributed by atoms with Crippen LogP contribution in [0.2, 0.25) is 0 Å². The summed E-state index contributed by atoms with van der Waals surface area (Å²) in [6, 6.07) is 2.19. The molecule has 1 aromatic rings. The van der Waals surface area contributed by atoms with Crippen molar-refractivity contribution in [3.05, 3.63) is 12.0 Å². The standard InChI is InChI=1S/C13H21N5O2S/c1-3-4-12(9-14)17-5-7-18(8-6-17)21(19,20)13-10-15-11(2)16-13/h10,12H,3-8H2,1-2H3,(H,15,16). The Labute approximate surface area is 125 Å². The summed E-state index contributed by atoms with van der Waals surface area (Å²) in [7, 11) is -3.50. The number of aryl methyl sites for hydroxylation is 1. The smallest absolute Gasteiger partial charge is 0.260 e. The van der Waals surface area contributed by atoms with Gasteiger partial charge in [0.1, 0.15) is 5.82 Å². The van der Waals surface area contributed by atoms with Crippen LogP contribution in [0.5, 0.6) is 0 Å². The number of hydrogen-bond acceptors (Lipinski definition) is 5. The fraction of sp³-hybridized carbons (Fsp3) is 0.692. The van der Waals surface area contributed by atoms with E-state index in [0.29, 0.717) is 32.0 Å². The van der Waals surface area contributed by atoms with Gasteiger partial charge in [-0.2, -0.15) is 9.57 Å². The number of nitrogens with zero attached hydrogens (tertiary/aromatic N) is 4. The number of rotatable bonds is 5. The van der Waals surface area contributed by atoms with E-state index in [1.54, 1.807) is 6.92 Å². The Balaban J connectivity index is 2.02. The molecule has 0 radical (unpaired) electrons. The summed E-state index contributed by atoms with van der Waals surface area (Å²) < 4.78 is 26.3. The monoisotopic (exact) mass is 311 g/mol. The van der Waals surface area contributed by atoms with E-state index in [0.717, 1.165) is 12.8 Å². The summed E-state index contributed by atoms with van der Waals surface area (Å²) in [6.45, 7) is 5.75. The van der Waals surface area contributed by atoms with E-state index in [2.05, 4.69) is 20.9 Å². The first kappa shape index (κ1) is 15.9. The molecule has 1 fully saturated rings. The van der Waals surface area contributed by atoms with E-state index < -0.39 is 10.0 Å². The van der Waals surface area contributed by atoms with Gasteiger partial charge in [-0.05, 0) is 13.3 Å². The molecule has 0 aliphatic carbocycles. The molecule has 1 atom stereocenters. The predicted octanol–water partition coefficient (Wildman–Crippen LogP) is 0.717. The zero-order valence-electron chi connectivity index (χ0n) is 12.4. The minimum Gasteiger partial charge on any atom is -0.332 e. The molecule has 1 saturated heterocycles. The fourth-order valence-corrected chi connectivity index (χ4v) is 3.91. The van der Waals surface area contributed by atoms with Gasteiger partial charge in [-0.1, -0.05) is 13.3 Å². The van der Waals surface area contributed by atoms with E-state index >= 15 is 0 Å². The molecule has 1 unspecified atom stereocenters. The topological polar surface area (TPSA) is 93.1 Å². The number of aromatic amines is 1. The molecule has 0 bridgehead atoms. The molecule has 2 heterocycles. The summed E-state index contributed by atoms with van der Waals surface area (Å²) >= 11 is 0. The molecule has 1 aromatic heterocycles. The van der Waals surface area contributed by atoms with Crippen molar-refractivity contribution >= 4 is 10.0 Å². The largest absolute Gasteiger partial charge is 0.332 e. The highest BCUT2D eigenvalue weighted by Crippen LogP contribution is 2.17. The maximum Gasteiger partial charge on any atom is 0.260 e. The summed E-state index contributed by atoms with van der Waals surface area (Å²) in [5, 5.41) is 9.32. The van der Waals surface area contributed by atoms with Crippen LogP contribution in [0.1, 0.15) is 25.6 Å². The third kappa shape index (κ3) is 3.43. The van der Waals surface area contributed by atoms with Crippen molar-refractivity contribution in [2.45, 2.75) is 37.8 Å². The van der Waals surface area contributed by atoms with Crippen molar-refractivity contribution in [2.24, 2.45) is 0 Å². The van der Waals surface area contributed by atoms with E-state index in [9.17, 15) is 13.7 Å². The second-order valence-electron chi connectivity index (χ2n) is 5.21. The molecule has 116 valence electrons. The third-order valence-corrected chi connectivity index (χ3v) is 5.53. The van der Waals surface area contributed by atoms with Gasteiger partial charge in [0.15, 0.2) is 5.03 Å². The maximum atomic E-state index is 12.4. The summed E-state index contributed by atoms with van der Waals surface area (Å²) in [5.74, 6) is 0.583. The number of H-pyrrole nitrogens is 1. The van der Waals surface area contributed by atoms with Gasteiger partial charge in [0.05, 0.1) is 18.3 Å². The quantitative estimate of drug-likeness (QED) is 0.864. The fourth-order valence-electron chi connectivity index (χ4n) is 2.53. The zero-order chi connectivity index (χ0) is 15.5. The van der Waals surface area contributed by atoms with Gasteiger partial charge in [0.2, 0.25) is 0 Å². The number of imidazole rings is 1. The lowest BCUT2D eigenvalue weighted by Crippen LogP contribution is -2.51. The molecule has 7 nitrogen and oxygen atoms in total. The highest BCUT2D eigenvalue weighted by molar-refractivity contribution is 7.89. The molecule has 2 rings (SSSR count). The molecule has 0 saturated carbocycles. The minimum atomic E-state index is -3.50. The molecule has 1 aliphatic heterocycles. The molecule has 8 heteroatoms. The second kappa shape index (κ2) is 6.56. The Morgan fingerprint density at radius 3 is 2.57 bits per heavy atom. The molecule has 0 amide bonds. The van der Waals surface area contributed by atoms with Crippen LogP contribution >= 0.6 is 0 Å². The first-order chi connectivity index (χ1) is 9.98. The minimum absolute atomic E-state index is 0.116. The number of aromatic nitrogens is 2. The lowest BCUT2D eigenvalue weighted by molar-refractivity contribution is 0.156. The van der Waals surface area contributed by atoms with Crippen LogP contribution in [0.25, 0.3) is 0 Å². The van der Waals surface area contributed by atoms with Gasteiger partial charge in [0.25, 0.3) is 10.0 Å². The Morgan fingerprint density at radius 2 is 2.10 bits per heavy atom. The molecular formula is C13H21N5O2S. The van der Waals surface area contributed by atoms with Crippen molar-refractivity contribution in [1.29, 1.82) is 5.26 Å². The van der Waals surface area contributed by atoms with E-state index in [1.807, 2.05) is 6.92 Å². The van der Waals surface area contributed by atoms with Gasteiger partial charge < -0.3 is 4.98 Å². The number of piperazine rings is 1. The Morgan fingerprint density at radius 1 is 1.43 bits per heavy atom. The predicted molar refractivity (Wildman–Crippen MR) is 78.0 cm³/mol. The average molecular weight is 311 g/mol. The molecular weight excluding hydrogens is 290 g/mol. The zero-order valence-corrected chi connectivity index (χ0v) is 13.2. The molecule has 21 heavy (non-hydrogen) atoms. The Bertz CT molecular complexity index is 611. The molecule has 1 N–H and O–H groups in total. The van der Waals surface area contributed by atoms with Crippen LogP contribution in [-0.4, -0.2) is 59.8 Å². The van der Waals surface area contributed by atoms with Crippen LogP contribution in [0, 0.1) is 18.3 Å². The van der Waals surface area contributed by atoms with Crippen molar-refractivity contribution in [3.8, 4) is 6.07 Å². The number of nitriles is 1. The van der Waals surface area contributed by atoms with Crippen molar-refractivity contribution in [1.82, 2.24) is 19.2 Å². The van der Waals surface area contributed by atoms with Crippen molar-refractivity contribution < 1.29 is 8.42 Å². The molecule has 0 aromatic carbocycles. The summed E-state index contributed by atoms with van der Waals surface area (Å²) in [4.78, 5) is 8.78. The van der Waals surface area contributed by atoms with Crippen LogP contribution in [-0.2, 0) is 10.0 Å². The molecule has 0 spiro atoms. The second-order valence-corrected chi connectivity index (χ2v) is 7.11. The van der Waals surface area contributed by atoms with E-state index in [-0.39, 0.29) is 11.1 Å². The molecule has 1 aliphatic rings. The van der Waals surface area contributed by atoms with Crippen LogP contribution < -0.4 is 0 Å². The highest BCUT2D eigenvalue weighted by Gasteiger charge is 2.31. The van der Waals surface area contributed by atoms with Crippen molar-refractivity contribution in [2.75, 3.05) is 26.2 Å². The van der Waals surface area contributed by atoms with Crippen LogP contribution in [0.4, 0.5) is 0 Å². The first-order valence-electron chi connectivity index (χ1n) is 7.14. The highest BCUT2D eigenvalue weighted by atomic mass is 32.2. The normalized spacial score (nSPS) is 19.3. The van der Waals surface area contributed by atoms with Gasteiger partial charge in [-0.25, -0.2) is 13.4 Å². The first-order valence-corrected chi connectivity index (χ1v) is 8.58. The Hall–Kier alpha value is -1.43. The average Bonchev–Trinajstić information content (AvgIpc) is 2.92. The SMILES string of the molecule is CCCC(C#N)N1CCN(S(=O)(=O)c2cnc(C)[nH]2)CC1. The number of sulfonamides is 1. The third-order valence-electron chi connectivity index (χ3n) is 3.72. The van der Waals surface area contributed by atoms with Crippen LogP contribution in [0.15, 0.2) is 11.2 Å². The van der Waals surface area contributed by atoms with E-state index in [1.165, 1.54) is 10.5 Å². The van der Waals surface area contributed by atoms with Gasteiger partial charge in [0, 0.05) is 26.2 Å². The number of hydrogen-bond donors (Lipinski definition) is 1. The lowest BCUT2D eigenvalue weighted by atomic mass is 10.1. The van der Waals surface area contributed by atoms with Gasteiger partial charge in [-0.3, -0.25) is 4.90 Å².